The maximum absolute atomic E-state index is 5.77. The maximum atomic E-state index is 5.77. The smallest absolute Gasteiger partial charge is 0.191 e. The summed E-state index contributed by atoms with van der Waals surface area (Å²) in [6.45, 7) is 12.6. The van der Waals surface area contributed by atoms with Gasteiger partial charge in [-0.25, -0.2) is 0 Å². The van der Waals surface area contributed by atoms with Crippen LogP contribution in [0.2, 0.25) is 0 Å². The van der Waals surface area contributed by atoms with Crippen molar-refractivity contribution < 1.29 is 14.2 Å². The van der Waals surface area contributed by atoms with Crippen LogP contribution in [0, 0.1) is 11.8 Å². The zero-order valence-corrected chi connectivity index (χ0v) is 17.7. The molecule has 28 heavy (non-hydrogen) atoms. The van der Waals surface area contributed by atoms with Crippen molar-refractivity contribution in [2.45, 2.75) is 45.1 Å². The van der Waals surface area contributed by atoms with Crippen LogP contribution in [-0.4, -0.2) is 89.3 Å². The molecule has 162 valence electrons. The SMILES string of the molecule is CCNC(=NCCCOCC1CCOC1)NC1CCN(CC2CCOC2)CC1. The molecule has 0 saturated carbocycles. The first kappa shape index (κ1) is 21.8. The molecule has 2 N–H and O–H groups in total. The number of likely N-dealkylation sites (tertiary alicyclic amines) is 1. The van der Waals surface area contributed by atoms with Crippen LogP contribution >= 0.6 is 0 Å². The van der Waals surface area contributed by atoms with Crippen molar-refractivity contribution in [1.82, 2.24) is 15.5 Å². The van der Waals surface area contributed by atoms with Crippen molar-refractivity contribution in [3.63, 3.8) is 0 Å². The quantitative estimate of drug-likeness (QED) is 0.331. The van der Waals surface area contributed by atoms with Crippen molar-refractivity contribution in [2.75, 3.05) is 72.4 Å². The van der Waals surface area contributed by atoms with Gasteiger partial charge >= 0.3 is 0 Å². The Balaban J connectivity index is 1.28. The van der Waals surface area contributed by atoms with Crippen LogP contribution in [0.5, 0.6) is 0 Å². The lowest BCUT2D eigenvalue weighted by Gasteiger charge is -2.34. The molecule has 0 aromatic heterocycles. The molecule has 3 saturated heterocycles. The van der Waals surface area contributed by atoms with Gasteiger partial charge in [0, 0.05) is 64.5 Å². The van der Waals surface area contributed by atoms with Gasteiger partial charge in [0.25, 0.3) is 0 Å². The first-order valence-electron chi connectivity index (χ1n) is 11.3. The zero-order valence-electron chi connectivity index (χ0n) is 17.7. The van der Waals surface area contributed by atoms with Crippen LogP contribution in [0.1, 0.15) is 39.0 Å². The van der Waals surface area contributed by atoms with Gasteiger partial charge in [-0.3, -0.25) is 4.99 Å². The Morgan fingerprint density at radius 1 is 1.07 bits per heavy atom. The van der Waals surface area contributed by atoms with Crippen LogP contribution < -0.4 is 10.6 Å². The number of piperidine rings is 1. The standard InChI is InChI=1S/C21H40N4O3/c1-2-22-21(23-8-3-11-26-16-19-7-13-28-17-19)24-20-4-9-25(10-5-20)14-18-6-12-27-15-18/h18-20H,2-17H2,1H3,(H2,22,23,24). The second-order valence-electron chi connectivity index (χ2n) is 8.37. The molecule has 0 spiro atoms. The van der Waals surface area contributed by atoms with Gasteiger partial charge in [-0.2, -0.15) is 0 Å². The summed E-state index contributed by atoms with van der Waals surface area (Å²) in [5.74, 6) is 2.29. The molecule has 2 atom stereocenters. The van der Waals surface area contributed by atoms with E-state index in [1.165, 1.54) is 38.9 Å². The summed E-state index contributed by atoms with van der Waals surface area (Å²) in [7, 11) is 0. The summed E-state index contributed by atoms with van der Waals surface area (Å²) in [5, 5.41) is 7.02. The third-order valence-corrected chi connectivity index (χ3v) is 5.91. The van der Waals surface area contributed by atoms with Crippen molar-refractivity contribution in [3.05, 3.63) is 0 Å². The molecule has 0 amide bonds. The predicted molar refractivity (Wildman–Crippen MR) is 112 cm³/mol. The van der Waals surface area contributed by atoms with Crippen LogP contribution in [0.4, 0.5) is 0 Å². The topological polar surface area (TPSA) is 67.4 Å². The van der Waals surface area contributed by atoms with E-state index in [1.54, 1.807) is 0 Å². The molecule has 3 aliphatic rings. The Labute approximate surface area is 170 Å². The Morgan fingerprint density at radius 2 is 1.82 bits per heavy atom. The van der Waals surface area contributed by atoms with Gasteiger partial charge in [0.05, 0.1) is 19.8 Å². The van der Waals surface area contributed by atoms with Crippen LogP contribution in [-0.2, 0) is 14.2 Å². The van der Waals surface area contributed by atoms with E-state index in [-0.39, 0.29) is 0 Å². The van der Waals surface area contributed by atoms with Crippen LogP contribution in [0.25, 0.3) is 0 Å². The van der Waals surface area contributed by atoms with Gasteiger partial charge in [-0.05, 0) is 44.9 Å². The number of rotatable bonds is 10. The lowest BCUT2D eigenvalue weighted by Crippen LogP contribution is -2.49. The predicted octanol–water partition coefficient (Wildman–Crippen LogP) is 1.49. The second-order valence-corrected chi connectivity index (χ2v) is 8.37. The molecule has 0 aliphatic carbocycles. The van der Waals surface area contributed by atoms with E-state index in [9.17, 15) is 0 Å². The average molecular weight is 397 g/mol. The Bertz CT molecular complexity index is 443. The van der Waals surface area contributed by atoms with Gasteiger partial charge in [-0.15, -0.1) is 0 Å². The summed E-state index contributed by atoms with van der Waals surface area (Å²) in [6, 6.07) is 0.521. The molecular formula is C21H40N4O3. The molecule has 3 aliphatic heterocycles. The van der Waals surface area contributed by atoms with Crippen molar-refractivity contribution >= 4 is 5.96 Å². The highest BCUT2D eigenvalue weighted by Gasteiger charge is 2.24. The number of hydrogen-bond acceptors (Lipinski definition) is 5. The van der Waals surface area contributed by atoms with E-state index >= 15 is 0 Å². The minimum absolute atomic E-state index is 0.521. The molecule has 3 fully saturated rings. The molecule has 0 aromatic rings. The van der Waals surface area contributed by atoms with Gasteiger partial charge < -0.3 is 29.7 Å². The van der Waals surface area contributed by atoms with Gasteiger partial charge in [0.15, 0.2) is 5.96 Å². The van der Waals surface area contributed by atoms with Crippen LogP contribution in [0.15, 0.2) is 4.99 Å². The monoisotopic (exact) mass is 396 g/mol. The third kappa shape index (κ3) is 7.85. The van der Waals surface area contributed by atoms with E-state index in [0.29, 0.717) is 12.0 Å². The van der Waals surface area contributed by atoms with Gasteiger partial charge in [-0.1, -0.05) is 0 Å². The second kappa shape index (κ2) is 12.6. The normalized spacial score (nSPS) is 27.4. The summed E-state index contributed by atoms with van der Waals surface area (Å²) >= 11 is 0. The molecule has 0 radical (unpaired) electrons. The van der Waals surface area contributed by atoms with Crippen molar-refractivity contribution in [3.8, 4) is 0 Å². The van der Waals surface area contributed by atoms with E-state index in [4.69, 9.17) is 19.2 Å². The van der Waals surface area contributed by atoms with E-state index in [1.807, 2.05) is 0 Å². The van der Waals surface area contributed by atoms with Crippen LogP contribution in [0.3, 0.4) is 0 Å². The fourth-order valence-electron chi connectivity index (χ4n) is 4.19. The number of ether oxygens (including phenoxy) is 3. The zero-order chi connectivity index (χ0) is 19.4. The Hall–Kier alpha value is -0.890. The molecule has 3 heterocycles. The minimum Gasteiger partial charge on any atom is -0.381 e. The minimum atomic E-state index is 0.521. The summed E-state index contributed by atoms with van der Waals surface area (Å²) in [5.41, 5.74) is 0. The van der Waals surface area contributed by atoms with E-state index in [2.05, 4.69) is 22.5 Å². The number of nitrogens with one attached hydrogen (secondary N) is 2. The first-order valence-corrected chi connectivity index (χ1v) is 11.3. The van der Waals surface area contributed by atoms with Gasteiger partial charge in [0.1, 0.15) is 0 Å². The number of aliphatic imine (C=N–C) groups is 1. The average Bonchev–Trinajstić information content (AvgIpc) is 3.40. The number of nitrogens with zero attached hydrogens (tertiary/aromatic N) is 2. The van der Waals surface area contributed by atoms with Crippen molar-refractivity contribution in [1.29, 1.82) is 0 Å². The summed E-state index contributed by atoms with van der Waals surface area (Å²) in [6.07, 6.45) is 5.70. The lowest BCUT2D eigenvalue weighted by molar-refractivity contribution is 0.0893. The molecule has 7 heteroatoms. The lowest BCUT2D eigenvalue weighted by atomic mass is 10.0. The van der Waals surface area contributed by atoms with E-state index in [0.717, 1.165) is 77.4 Å². The molecule has 2 unspecified atom stereocenters. The Morgan fingerprint density at radius 3 is 2.50 bits per heavy atom. The van der Waals surface area contributed by atoms with E-state index < -0.39 is 0 Å². The number of guanidine groups is 1. The Kier molecular flexibility index (Phi) is 9.83. The molecule has 3 rings (SSSR count). The fraction of sp³-hybridized carbons (Fsp3) is 0.952. The first-order chi connectivity index (χ1) is 13.8. The highest BCUT2D eigenvalue weighted by atomic mass is 16.5. The highest BCUT2D eigenvalue weighted by Crippen LogP contribution is 2.17. The maximum Gasteiger partial charge on any atom is 0.191 e. The molecule has 7 nitrogen and oxygen atoms in total. The van der Waals surface area contributed by atoms with Gasteiger partial charge in [0.2, 0.25) is 0 Å². The summed E-state index contributed by atoms with van der Waals surface area (Å²) < 4.78 is 16.7. The molecule has 0 bridgehead atoms. The largest absolute Gasteiger partial charge is 0.381 e. The number of hydrogen-bond donors (Lipinski definition) is 2. The highest BCUT2D eigenvalue weighted by molar-refractivity contribution is 5.80. The van der Waals surface area contributed by atoms with Crippen molar-refractivity contribution in [2.24, 2.45) is 16.8 Å². The molecular weight excluding hydrogens is 356 g/mol. The summed E-state index contributed by atoms with van der Waals surface area (Å²) in [4.78, 5) is 7.34. The molecule has 0 aromatic carbocycles. The fourth-order valence-corrected chi connectivity index (χ4v) is 4.19. The third-order valence-electron chi connectivity index (χ3n) is 5.91.